The van der Waals surface area contributed by atoms with Crippen LogP contribution in [0.25, 0.3) is 0 Å². The van der Waals surface area contributed by atoms with E-state index in [1.54, 1.807) is 14.2 Å². The molecule has 0 saturated carbocycles. The number of benzene rings is 2. The number of rotatable bonds is 5. The van der Waals surface area contributed by atoms with Crippen molar-refractivity contribution in [3.8, 4) is 11.5 Å². The second-order valence-electron chi connectivity index (χ2n) is 4.01. The highest BCUT2D eigenvalue weighted by Gasteiger charge is 2.05. The average molecular weight is 276 g/mol. The van der Waals surface area contributed by atoms with Crippen LogP contribution in [0.2, 0.25) is 0 Å². The first-order valence-electron chi connectivity index (χ1n) is 5.88. The van der Waals surface area contributed by atoms with E-state index in [1.165, 1.54) is 0 Å². The standard InChI is InChI=1S/C15H16O3S/c1-17-13-5-3-12(4-6-13)11-19(16)15-9-7-14(18-2)8-10-15/h3-10H,11H2,1-2H3/t19-/m0/s1. The fourth-order valence-corrected chi connectivity index (χ4v) is 2.79. The van der Waals surface area contributed by atoms with E-state index in [9.17, 15) is 4.21 Å². The minimum Gasteiger partial charge on any atom is -0.497 e. The molecular weight excluding hydrogens is 260 g/mol. The molecule has 0 aliphatic heterocycles. The molecule has 0 radical (unpaired) electrons. The summed E-state index contributed by atoms with van der Waals surface area (Å²) in [6.45, 7) is 0. The lowest BCUT2D eigenvalue weighted by molar-refractivity contribution is 0.414. The predicted octanol–water partition coefficient (Wildman–Crippen LogP) is 3.01. The molecule has 1 atom stereocenters. The monoisotopic (exact) mass is 276 g/mol. The van der Waals surface area contributed by atoms with Crippen LogP contribution in [0.1, 0.15) is 5.56 Å². The molecular formula is C15H16O3S. The van der Waals surface area contributed by atoms with Gasteiger partial charge in [0.25, 0.3) is 0 Å². The van der Waals surface area contributed by atoms with Gasteiger partial charge in [0.2, 0.25) is 0 Å². The molecule has 0 amide bonds. The Morgan fingerprint density at radius 3 is 1.79 bits per heavy atom. The first-order chi connectivity index (χ1) is 9.22. The third-order valence-electron chi connectivity index (χ3n) is 2.78. The minimum atomic E-state index is -1.05. The molecule has 0 spiro atoms. The Morgan fingerprint density at radius 2 is 1.32 bits per heavy atom. The largest absolute Gasteiger partial charge is 0.497 e. The van der Waals surface area contributed by atoms with Gasteiger partial charge in [-0.25, -0.2) is 0 Å². The summed E-state index contributed by atoms with van der Waals surface area (Å²) in [6, 6.07) is 14.9. The van der Waals surface area contributed by atoms with E-state index >= 15 is 0 Å². The van der Waals surface area contributed by atoms with E-state index in [0.29, 0.717) is 5.75 Å². The maximum atomic E-state index is 12.2. The van der Waals surface area contributed by atoms with Gasteiger partial charge in [-0.05, 0) is 42.0 Å². The highest BCUT2D eigenvalue weighted by Crippen LogP contribution is 2.18. The van der Waals surface area contributed by atoms with E-state index in [2.05, 4.69) is 0 Å². The molecule has 2 rings (SSSR count). The lowest BCUT2D eigenvalue weighted by Crippen LogP contribution is -1.96. The normalized spacial score (nSPS) is 11.9. The van der Waals surface area contributed by atoms with Crippen molar-refractivity contribution in [2.75, 3.05) is 14.2 Å². The summed E-state index contributed by atoms with van der Waals surface area (Å²) in [4.78, 5) is 0.802. The highest BCUT2D eigenvalue weighted by molar-refractivity contribution is 7.84. The van der Waals surface area contributed by atoms with Crippen LogP contribution in [0.3, 0.4) is 0 Å². The Balaban J connectivity index is 2.06. The zero-order chi connectivity index (χ0) is 13.7. The summed E-state index contributed by atoms with van der Waals surface area (Å²) >= 11 is 0. The first-order valence-corrected chi connectivity index (χ1v) is 7.20. The van der Waals surface area contributed by atoms with Crippen LogP contribution in [0, 0.1) is 0 Å². The van der Waals surface area contributed by atoms with Crippen LogP contribution < -0.4 is 9.47 Å². The molecule has 3 nitrogen and oxygen atoms in total. The van der Waals surface area contributed by atoms with Crippen LogP contribution in [0.15, 0.2) is 53.4 Å². The topological polar surface area (TPSA) is 35.5 Å². The van der Waals surface area contributed by atoms with Crippen LogP contribution >= 0.6 is 0 Å². The second-order valence-corrected chi connectivity index (χ2v) is 5.46. The third kappa shape index (κ3) is 3.58. The van der Waals surface area contributed by atoms with Crippen molar-refractivity contribution in [2.45, 2.75) is 10.6 Å². The van der Waals surface area contributed by atoms with Crippen molar-refractivity contribution in [2.24, 2.45) is 0 Å². The van der Waals surface area contributed by atoms with Crippen LogP contribution in [-0.4, -0.2) is 18.4 Å². The van der Waals surface area contributed by atoms with Crippen molar-refractivity contribution >= 4 is 10.8 Å². The van der Waals surface area contributed by atoms with Gasteiger partial charge in [0, 0.05) is 4.90 Å². The van der Waals surface area contributed by atoms with Crippen molar-refractivity contribution in [3.05, 3.63) is 54.1 Å². The number of hydrogen-bond donors (Lipinski definition) is 0. The molecule has 2 aromatic carbocycles. The van der Waals surface area contributed by atoms with Crippen molar-refractivity contribution in [1.29, 1.82) is 0 Å². The summed E-state index contributed by atoms with van der Waals surface area (Å²) in [5.41, 5.74) is 1.02. The van der Waals surface area contributed by atoms with Gasteiger partial charge in [-0.1, -0.05) is 12.1 Å². The van der Waals surface area contributed by atoms with Crippen LogP contribution in [0.5, 0.6) is 11.5 Å². The Kier molecular flexibility index (Phi) is 4.58. The van der Waals surface area contributed by atoms with E-state index in [1.807, 2.05) is 48.5 Å². The van der Waals surface area contributed by atoms with Crippen molar-refractivity contribution in [3.63, 3.8) is 0 Å². The summed E-state index contributed by atoms with van der Waals surface area (Å²) in [6.07, 6.45) is 0. The van der Waals surface area contributed by atoms with Crippen LogP contribution in [-0.2, 0) is 16.6 Å². The van der Waals surface area contributed by atoms with Gasteiger partial charge < -0.3 is 9.47 Å². The molecule has 19 heavy (non-hydrogen) atoms. The predicted molar refractivity (Wildman–Crippen MR) is 76.1 cm³/mol. The molecule has 4 heteroatoms. The Labute approximate surface area is 115 Å². The second kappa shape index (κ2) is 6.38. The van der Waals surface area contributed by atoms with Gasteiger partial charge in [0.1, 0.15) is 11.5 Å². The molecule has 0 heterocycles. The summed E-state index contributed by atoms with van der Waals surface area (Å²) < 4.78 is 22.4. The Bertz CT molecular complexity index is 547. The molecule has 0 aromatic heterocycles. The number of methoxy groups -OCH3 is 2. The molecule has 0 saturated heterocycles. The van der Waals surface area contributed by atoms with Crippen molar-refractivity contribution < 1.29 is 13.7 Å². The molecule has 0 aliphatic rings. The van der Waals surface area contributed by atoms with Crippen LogP contribution in [0.4, 0.5) is 0 Å². The minimum absolute atomic E-state index is 0.496. The fourth-order valence-electron chi connectivity index (χ4n) is 1.68. The van der Waals surface area contributed by atoms with E-state index in [-0.39, 0.29) is 0 Å². The van der Waals surface area contributed by atoms with Crippen molar-refractivity contribution in [1.82, 2.24) is 0 Å². The quantitative estimate of drug-likeness (QED) is 0.842. The zero-order valence-corrected chi connectivity index (χ0v) is 11.8. The molecule has 2 aromatic rings. The molecule has 100 valence electrons. The average Bonchev–Trinajstić information content (AvgIpc) is 2.48. The maximum absolute atomic E-state index is 12.2. The van der Waals surface area contributed by atoms with Gasteiger partial charge in [-0.2, -0.15) is 0 Å². The number of ether oxygens (including phenoxy) is 2. The first kappa shape index (κ1) is 13.6. The van der Waals surface area contributed by atoms with E-state index in [4.69, 9.17) is 9.47 Å². The van der Waals surface area contributed by atoms with Gasteiger partial charge in [0.15, 0.2) is 0 Å². The SMILES string of the molecule is COc1ccc(C[S@](=O)c2ccc(OC)cc2)cc1. The van der Waals surface area contributed by atoms with E-state index < -0.39 is 10.8 Å². The highest BCUT2D eigenvalue weighted by atomic mass is 32.2. The van der Waals surface area contributed by atoms with Gasteiger partial charge >= 0.3 is 0 Å². The Morgan fingerprint density at radius 1 is 0.842 bits per heavy atom. The molecule has 0 N–H and O–H groups in total. The summed E-state index contributed by atoms with van der Waals surface area (Å²) in [5, 5.41) is 0. The molecule has 0 unspecified atom stereocenters. The lowest BCUT2D eigenvalue weighted by atomic mass is 10.2. The van der Waals surface area contributed by atoms with Gasteiger partial charge in [-0.15, -0.1) is 0 Å². The third-order valence-corrected chi connectivity index (χ3v) is 4.17. The maximum Gasteiger partial charge on any atom is 0.118 e. The smallest absolute Gasteiger partial charge is 0.118 e. The molecule has 0 bridgehead atoms. The number of hydrogen-bond acceptors (Lipinski definition) is 3. The molecule has 0 fully saturated rings. The van der Waals surface area contributed by atoms with Gasteiger partial charge in [0.05, 0.1) is 30.8 Å². The van der Waals surface area contributed by atoms with E-state index in [0.717, 1.165) is 22.0 Å². The Hall–Kier alpha value is -1.81. The summed E-state index contributed by atoms with van der Waals surface area (Å²) in [5.74, 6) is 2.07. The van der Waals surface area contributed by atoms with Gasteiger partial charge in [-0.3, -0.25) is 4.21 Å². The fraction of sp³-hybridized carbons (Fsp3) is 0.200. The summed E-state index contributed by atoms with van der Waals surface area (Å²) in [7, 11) is 2.19. The molecule has 0 aliphatic carbocycles. The zero-order valence-electron chi connectivity index (χ0n) is 11.0. The lowest BCUT2D eigenvalue weighted by Gasteiger charge is -2.05.